The van der Waals surface area contributed by atoms with Crippen LogP contribution in [-0.4, -0.2) is 12.4 Å². The van der Waals surface area contributed by atoms with Crippen LogP contribution in [0.15, 0.2) is 75.2 Å². The lowest BCUT2D eigenvalue weighted by molar-refractivity contribution is 0.101. The summed E-state index contributed by atoms with van der Waals surface area (Å²) in [6, 6.07) is 12.5. The zero-order valence-electron chi connectivity index (χ0n) is 15.4. The van der Waals surface area contributed by atoms with Crippen molar-refractivity contribution in [3.8, 4) is 5.75 Å². The molecule has 2 N–H and O–H groups in total. The smallest absolute Gasteiger partial charge is 0.230 e. The lowest BCUT2D eigenvalue weighted by Crippen LogP contribution is -2.05. The average Bonchev–Trinajstić information content (AvgIpc) is 3.02. The van der Waals surface area contributed by atoms with Crippen LogP contribution in [0, 0.1) is 5.92 Å². The van der Waals surface area contributed by atoms with E-state index in [1.165, 1.54) is 5.57 Å². The van der Waals surface area contributed by atoms with E-state index in [1.807, 2.05) is 12.1 Å². The molecule has 4 rings (SSSR count). The molecule has 1 heterocycles. The number of benzene rings is 2. The molecule has 1 aromatic heterocycles. The van der Waals surface area contributed by atoms with Crippen LogP contribution in [0.2, 0.25) is 0 Å². The number of ketones is 1. The van der Waals surface area contributed by atoms with Gasteiger partial charge in [0, 0.05) is 15.4 Å². The number of hydrogen-bond acceptors (Lipinski definition) is 4. The molecule has 0 radical (unpaired) electrons. The number of nitrogen functional groups attached to an aromatic ring is 1. The quantitative estimate of drug-likeness (QED) is 0.503. The second-order valence-corrected chi connectivity index (χ2v) is 7.90. The summed E-state index contributed by atoms with van der Waals surface area (Å²) in [5, 5.41) is 0.723. The van der Waals surface area contributed by atoms with Crippen LogP contribution in [0.25, 0.3) is 11.0 Å². The zero-order chi connectivity index (χ0) is 19.7. The Labute approximate surface area is 171 Å². The van der Waals surface area contributed by atoms with Crippen molar-refractivity contribution in [3.05, 3.63) is 82.1 Å². The monoisotopic (exact) mass is 437 g/mol. The molecular weight excluding hydrogens is 418 g/mol. The Kier molecular flexibility index (Phi) is 5.09. The Hall–Kier alpha value is -2.79. The van der Waals surface area contributed by atoms with Gasteiger partial charge in [0.25, 0.3) is 0 Å². The third-order valence-electron chi connectivity index (χ3n) is 4.76. The van der Waals surface area contributed by atoms with Gasteiger partial charge in [-0.15, -0.1) is 0 Å². The maximum atomic E-state index is 12.8. The molecule has 0 spiro atoms. The van der Waals surface area contributed by atoms with Crippen LogP contribution in [0.1, 0.15) is 29.5 Å². The summed E-state index contributed by atoms with van der Waals surface area (Å²) < 4.78 is 12.4. The van der Waals surface area contributed by atoms with Crippen LogP contribution in [-0.2, 0) is 0 Å². The van der Waals surface area contributed by atoms with E-state index >= 15 is 0 Å². The maximum Gasteiger partial charge on any atom is 0.230 e. The van der Waals surface area contributed by atoms with E-state index < -0.39 is 0 Å². The molecule has 28 heavy (non-hydrogen) atoms. The van der Waals surface area contributed by atoms with Gasteiger partial charge in [-0.1, -0.05) is 41.1 Å². The summed E-state index contributed by atoms with van der Waals surface area (Å²) in [6.45, 7) is 2.70. The van der Waals surface area contributed by atoms with Crippen molar-refractivity contribution in [3.63, 3.8) is 0 Å². The van der Waals surface area contributed by atoms with E-state index in [1.54, 1.807) is 30.3 Å². The minimum absolute atomic E-state index is 0.160. The summed E-state index contributed by atoms with van der Waals surface area (Å²) in [7, 11) is 0. The highest BCUT2D eigenvalue weighted by atomic mass is 79.9. The molecule has 1 unspecified atom stereocenters. The largest absolute Gasteiger partial charge is 0.489 e. The third kappa shape index (κ3) is 3.76. The van der Waals surface area contributed by atoms with Crippen molar-refractivity contribution in [2.75, 3.05) is 12.3 Å². The zero-order valence-corrected chi connectivity index (χ0v) is 17.0. The van der Waals surface area contributed by atoms with E-state index in [-0.39, 0.29) is 11.5 Å². The fourth-order valence-corrected chi connectivity index (χ4v) is 3.64. The van der Waals surface area contributed by atoms with Gasteiger partial charge in [0.1, 0.15) is 17.9 Å². The third-order valence-corrected chi connectivity index (χ3v) is 5.25. The molecule has 0 aliphatic heterocycles. The predicted molar refractivity (Wildman–Crippen MR) is 115 cm³/mol. The molecule has 0 fully saturated rings. The average molecular weight is 438 g/mol. The molecule has 2 aromatic carbocycles. The van der Waals surface area contributed by atoms with Gasteiger partial charge in [-0.3, -0.25) is 4.79 Å². The van der Waals surface area contributed by atoms with Crippen molar-refractivity contribution in [2.24, 2.45) is 5.92 Å². The van der Waals surface area contributed by atoms with E-state index in [0.717, 1.165) is 16.3 Å². The molecule has 1 aliphatic rings. The number of furan rings is 1. The highest BCUT2D eigenvalue weighted by Gasteiger charge is 2.20. The molecule has 0 saturated heterocycles. The van der Waals surface area contributed by atoms with E-state index in [4.69, 9.17) is 14.9 Å². The first kappa shape index (κ1) is 18.6. The topological polar surface area (TPSA) is 65.5 Å². The number of carbonyl (C=O) groups excluding carboxylic acids is 1. The van der Waals surface area contributed by atoms with Crippen molar-refractivity contribution in [1.82, 2.24) is 0 Å². The van der Waals surface area contributed by atoms with Gasteiger partial charge in [-0.25, -0.2) is 0 Å². The molecular formula is C23H20BrNO3. The Morgan fingerprint density at radius 3 is 2.79 bits per heavy atom. The van der Waals surface area contributed by atoms with Crippen molar-refractivity contribution >= 4 is 38.4 Å². The number of nitrogens with two attached hydrogens (primary N) is 1. The van der Waals surface area contributed by atoms with Gasteiger partial charge >= 0.3 is 0 Å². The summed E-state index contributed by atoms with van der Waals surface area (Å²) in [5.41, 5.74) is 8.76. The molecule has 3 aromatic rings. The maximum absolute atomic E-state index is 12.8. The first-order chi connectivity index (χ1) is 13.5. The number of anilines is 1. The highest BCUT2D eigenvalue weighted by molar-refractivity contribution is 9.10. The van der Waals surface area contributed by atoms with E-state index in [0.29, 0.717) is 35.1 Å². The van der Waals surface area contributed by atoms with Gasteiger partial charge < -0.3 is 14.9 Å². The first-order valence-corrected chi connectivity index (χ1v) is 9.93. The van der Waals surface area contributed by atoms with Crippen LogP contribution >= 0.6 is 15.9 Å². The van der Waals surface area contributed by atoms with Gasteiger partial charge in [-0.2, -0.15) is 0 Å². The second kappa shape index (κ2) is 7.68. The fraction of sp³-hybridized carbons (Fsp3) is 0.174. The number of allylic oxidation sites excluding steroid dienone is 2. The summed E-state index contributed by atoms with van der Waals surface area (Å²) in [4.78, 5) is 12.8. The second-order valence-electron chi connectivity index (χ2n) is 6.98. The predicted octanol–water partition coefficient (Wildman–Crippen LogP) is 5.91. The van der Waals surface area contributed by atoms with Crippen molar-refractivity contribution in [1.29, 1.82) is 0 Å². The lowest BCUT2D eigenvalue weighted by atomic mass is 9.98. The van der Waals surface area contributed by atoms with Crippen LogP contribution < -0.4 is 10.5 Å². The van der Waals surface area contributed by atoms with Crippen LogP contribution in [0.3, 0.4) is 0 Å². The Morgan fingerprint density at radius 1 is 1.25 bits per heavy atom. The van der Waals surface area contributed by atoms with Crippen LogP contribution in [0.5, 0.6) is 5.75 Å². The number of rotatable bonds is 5. The molecule has 1 aliphatic carbocycles. The van der Waals surface area contributed by atoms with Gasteiger partial charge in [0.05, 0.1) is 5.69 Å². The minimum Gasteiger partial charge on any atom is -0.489 e. The Bertz CT molecular complexity index is 1090. The number of carbonyl (C=O) groups is 1. The Morgan fingerprint density at radius 2 is 2.04 bits per heavy atom. The molecule has 0 bridgehead atoms. The normalized spacial score (nSPS) is 16.2. The van der Waals surface area contributed by atoms with Gasteiger partial charge in [-0.05, 0) is 60.4 Å². The number of hydrogen-bond donors (Lipinski definition) is 1. The molecule has 4 nitrogen and oxygen atoms in total. The van der Waals surface area contributed by atoms with E-state index in [2.05, 4.69) is 41.1 Å². The molecule has 142 valence electrons. The summed E-state index contributed by atoms with van der Waals surface area (Å²) >= 11 is 3.41. The molecule has 5 heteroatoms. The highest BCUT2D eigenvalue weighted by Crippen LogP contribution is 2.32. The first-order valence-electron chi connectivity index (χ1n) is 9.13. The van der Waals surface area contributed by atoms with Gasteiger partial charge in [0.2, 0.25) is 5.78 Å². The number of halogens is 1. The molecule has 0 amide bonds. The Balaban J connectivity index is 1.50. The minimum atomic E-state index is -0.247. The SMILES string of the molecule is CC1C=C(COc2ccc(C(=O)c3oc4ccc(Br)cc4c3N)cc2)C=CC1. The molecule has 0 saturated carbocycles. The standard InChI is InChI=1S/C23H20BrNO3/c1-14-3-2-4-15(11-14)13-27-18-8-5-16(6-9-18)22(26)23-21(25)19-12-17(24)7-10-20(19)28-23/h2,4-12,14H,3,13,25H2,1H3. The van der Waals surface area contributed by atoms with Crippen molar-refractivity contribution < 1.29 is 13.9 Å². The molecule has 1 atom stereocenters. The number of fused-ring (bicyclic) bond motifs is 1. The van der Waals surface area contributed by atoms with Crippen molar-refractivity contribution in [2.45, 2.75) is 13.3 Å². The van der Waals surface area contributed by atoms with Crippen LogP contribution in [0.4, 0.5) is 5.69 Å². The fourth-order valence-electron chi connectivity index (χ4n) is 3.28. The summed E-state index contributed by atoms with van der Waals surface area (Å²) in [6.07, 6.45) is 7.56. The summed E-state index contributed by atoms with van der Waals surface area (Å²) in [5.74, 6) is 1.17. The lowest BCUT2D eigenvalue weighted by Gasteiger charge is -2.13. The van der Waals surface area contributed by atoms with E-state index in [9.17, 15) is 4.79 Å². The number of ether oxygens (including phenoxy) is 1. The van der Waals surface area contributed by atoms with Gasteiger partial charge in [0.15, 0.2) is 5.76 Å².